The summed E-state index contributed by atoms with van der Waals surface area (Å²) in [6.45, 7) is -0.0220. The van der Waals surface area contributed by atoms with E-state index in [0.29, 0.717) is 28.3 Å². The fourth-order valence-corrected chi connectivity index (χ4v) is 4.10. The molecule has 4 aromatic rings. The van der Waals surface area contributed by atoms with Gasteiger partial charge in [-0.2, -0.15) is 0 Å². The van der Waals surface area contributed by atoms with E-state index in [0.717, 1.165) is 10.9 Å². The van der Waals surface area contributed by atoms with Crippen LogP contribution in [-0.4, -0.2) is 45.8 Å². The summed E-state index contributed by atoms with van der Waals surface area (Å²) in [6, 6.07) is 11.7. The summed E-state index contributed by atoms with van der Waals surface area (Å²) in [7, 11) is 3.08. The third-order valence-electron chi connectivity index (χ3n) is 5.92. The number of aromatic nitrogens is 3. The average Bonchev–Trinajstić information content (AvgIpc) is 3.33. The number of urea groups is 1. The first-order valence-electron chi connectivity index (χ1n) is 10.4. The molecule has 3 amide bonds. The molecule has 0 saturated carbocycles. The van der Waals surface area contributed by atoms with Crippen LogP contribution in [0.3, 0.4) is 0 Å². The number of methoxy groups -OCH3 is 2. The molecule has 0 aliphatic carbocycles. The second-order valence-electron chi connectivity index (χ2n) is 7.87. The van der Waals surface area contributed by atoms with Gasteiger partial charge < -0.3 is 24.5 Å². The molecule has 1 aliphatic rings. The molecule has 1 saturated heterocycles. The summed E-state index contributed by atoms with van der Waals surface area (Å²) in [5.74, 6) is 1.08. The zero-order valence-corrected chi connectivity index (χ0v) is 18.4. The van der Waals surface area contributed by atoms with E-state index >= 15 is 0 Å². The number of aromatic hydroxyl groups is 1. The van der Waals surface area contributed by atoms with Gasteiger partial charge in [0.2, 0.25) is 0 Å². The molecular weight excluding hydrogens is 438 g/mol. The van der Waals surface area contributed by atoms with Crippen LogP contribution in [0.1, 0.15) is 5.56 Å². The number of benzene rings is 2. The van der Waals surface area contributed by atoms with E-state index in [-0.39, 0.29) is 12.4 Å². The number of hydrogen-bond donors (Lipinski definition) is 3. The van der Waals surface area contributed by atoms with Gasteiger partial charge in [0.15, 0.2) is 23.0 Å². The van der Waals surface area contributed by atoms with Crippen molar-refractivity contribution in [3.63, 3.8) is 0 Å². The molecule has 10 heteroatoms. The van der Waals surface area contributed by atoms with Crippen molar-refractivity contribution in [2.45, 2.75) is 12.1 Å². The zero-order valence-electron chi connectivity index (χ0n) is 18.4. The van der Waals surface area contributed by atoms with Gasteiger partial charge in [-0.1, -0.05) is 24.3 Å². The molecule has 0 bridgehead atoms. The maximum absolute atomic E-state index is 13.0. The smallest absolute Gasteiger partial charge is 0.322 e. The van der Waals surface area contributed by atoms with Crippen LogP contribution in [0.2, 0.25) is 0 Å². The van der Waals surface area contributed by atoms with Crippen molar-refractivity contribution >= 4 is 22.7 Å². The van der Waals surface area contributed by atoms with Gasteiger partial charge in [0.1, 0.15) is 5.75 Å². The molecule has 1 fully saturated rings. The molecule has 0 unspecified atom stereocenters. The zero-order chi connectivity index (χ0) is 23.9. The maximum Gasteiger partial charge on any atom is 0.322 e. The first-order chi connectivity index (χ1) is 16.4. The summed E-state index contributed by atoms with van der Waals surface area (Å²) < 4.78 is 11.9. The van der Waals surface area contributed by atoms with Gasteiger partial charge in [-0.3, -0.25) is 10.1 Å². The average molecular weight is 459 g/mol. The van der Waals surface area contributed by atoms with Crippen LogP contribution >= 0.6 is 0 Å². The molecule has 3 heterocycles. The summed E-state index contributed by atoms with van der Waals surface area (Å²) >= 11 is 0. The molecule has 1 atom stereocenters. The fourth-order valence-electron chi connectivity index (χ4n) is 4.10. The summed E-state index contributed by atoms with van der Waals surface area (Å²) in [4.78, 5) is 33.7. The Balaban J connectivity index is 1.53. The number of fused-ring (bicyclic) bond motifs is 1. The van der Waals surface area contributed by atoms with Gasteiger partial charge in [0, 0.05) is 22.5 Å². The topological polar surface area (TPSA) is 128 Å². The highest BCUT2D eigenvalue weighted by Gasteiger charge is 2.48. The first-order valence-corrected chi connectivity index (χ1v) is 10.4. The molecule has 10 nitrogen and oxygen atoms in total. The lowest BCUT2D eigenvalue weighted by Gasteiger charge is -2.27. The lowest BCUT2D eigenvalue weighted by Crippen LogP contribution is -2.47. The highest BCUT2D eigenvalue weighted by Crippen LogP contribution is 2.35. The number of amides is 3. The number of rotatable bonds is 6. The van der Waals surface area contributed by atoms with Crippen molar-refractivity contribution in [3.8, 4) is 28.8 Å². The molecule has 0 radical (unpaired) electrons. The molecule has 1 aliphatic heterocycles. The number of imide groups is 1. The van der Waals surface area contributed by atoms with E-state index in [4.69, 9.17) is 9.47 Å². The van der Waals surface area contributed by atoms with E-state index in [9.17, 15) is 14.7 Å². The van der Waals surface area contributed by atoms with Crippen molar-refractivity contribution in [1.29, 1.82) is 0 Å². The quantitative estimate of drug-likeness (QED) is 0.378. The van der Waals surface area contributed by atoms with E-state index in [1.165, 1.54) is 11.7 Å². The molecule has 3 N–H and O–H groups in total. The molecule has 2 aromatic heterocycles. The van der Waals surface area contributed by atoms with Crippen LogP contribution in [0.4, 0.5) is 4.79 Å². The monoisotopic (exact) mass is 459 g/mol. The highest BCUT2D eigenvalue weighted by atomic mass is 16.5. The van der Waals surface area contributed by atoms with E-state index in [2.05, 4.69) is 20.6 Å². The van der Waals surface area contributed by atoms with Gasteiger partial charge in [0.25, 0.3) is 5.91 Å². The second-order valence-corrected chi connectivity index (χ2v) is 7.87. The minimum Gasteiger partial charge on any atom is -0.497 e. The SMILES string of the molecule is COc1cnc(-c2ccc([C@]3(Cn4cc5ccc(OC)cc5c4O)NC(=O)NC3=O)cc2)nc1. The van der Waals surface area contributed by atoms with Gasteiger partial charge in [0.05, 0.1) is 33.2 Å². The molecule has 172 valence electrons. The fraction of sp³-hybridized carbons (Fsp3) is 0.167. The maximum atomic E-state index is 13.0. The lowest BCUT2D eigenvalue weighted by molar-refractivity contribution is -0.124. The normalized spacial score (nSPS) is 17.5. The van der Waals surface area contributed by atoms with Gasteiger partial charge in [-0.15, -0.1) is 0 Å². The van der Waals surface area contributed by atoms with Crippen molar-refractivity contribution in [2.24, 2.45) is 0 Å². The number of carbonyl (C=O) groups is 2. The van der Waals surface area contributed by atoms with E-state index in [1.807, 2.05) is 6.07 Å². The molecular formula is C24H21N5O5. The third-order valence-corrected chi connectivity index (χ3v) is 5.92. The first kappa shape index (κ1) is 21.3. The Morgan fingerprint density at radius 1 is 1.00 bits per heavy atom. The second kappa shape index (κ2) is 8.07. The van der Waals surface area contributed by atoms with Crippen molar-refractivity contribution in [3.05, 3.63) is 66.6 Å². The molecule has 0 spiro atoms. The Hall–Kier alpha value is -4.60. The van der Waals surface area contributed by atoms with E-state index in [1.54, 1.807) is 62.1 Å². The Kier molecular flexibility index (Phi) is 5.05. The van der Waals surface area contributed by atoms with E-state index < -0.39 is 17.5 Å². The van der Waals surface area contributed by atoms with Crippen LogP contribution < -0.4 is 20.1 Å². The van der Waals surface area contributed by atoms with Crippen LogP contribution in [0.5, 0.6) is 17.4 Å². The third kappa shape index (κ3) is 3.45. The summed E-state index contributed by atoms with van der Waals surface area (Å²) in [6.07, 6.45) is 4.86. The standard InChI is InChI=1S/C24H21N5O5/c1-33-17-8-5-15-12-29(21(30)19(15)9-17)13-24(22(31)27-23(32)28-24)16-6-3-14(4-7-16)20-25-10-18(34-2)11-26-20/h3-12,30H,13H2,1-2H3,(H2,27,28,31,32)/t24-/m0/s1. The van der Waals surface area contributed by atoms with Crippen molar-refractivity contribution in [1.82, 2.24) is 25.2 Å². The van der Waals surface area contributed by atoms with Crippen LogP contribution in [0, 0.1) is 0 Å². The molecule has 5 rings (SSSR count). The number of ether oxygens (including phenoxy) is 2. The minimum atomic E-state index is -1.42. The van der Waals surface area contributed by atoms with Crippen molar-refractivity contribution in [2.75, 3.05) is 14.2 Å². The number of hydrogen-bond acceptors (Lipinski definition) is 7. The summed E-state index contributed by atoms with van der Waals surface area (Å²) in [5, 5.41) is 17.3. The Labute approximate surface area is 194 Å². The van der Waals surface area contributed by atoms with Gasteiger partial charge >= 0.3 is 6.03 Å². The Morgan fingerprint density at radius 2 is 1.71 bits per heavy atom. The number of nitrogens with zero attached hydrogens (tertiary/aromatic N) is 3. The van der Waals surface area contributed by atoms with Crippen LogP contribution in [0.25, 0.3) is 22.2 Å². The Morgan fingerprint density at radius 3 is 2.32 bits per heavy atom. The number of nitrogens with one attached hydrogen (secondary N) is 2. The minimum absolute atomic E-state index is 0.0220. The number of carbonyl (C=O) groups excluding carboxylic acids is 2. The van der Waals surface area contributed by atoms with Crippen LogP contribution in [0.15, 0.2) is 61.1 Å². The van der Waals surface area contributed by atoms with Crippen LogP contribution in [-0.2, 0) is 16.9 Å². The Bertz CT molecular complexity index is 1400. The van der Waals surface area contributed by atoms with Gasteiger partial charge in [-0.05, 0) is 23.8 Å². The predicted molar refractivity (Wildman–Crippen MR) is 123 cm³/mol. The van der Waals surface area contributed by atoms with Crippen molar-refractivity contribution < 1.29 is 24.2 Å². The predicted octanol–water partition coefficient (Wildman–Crippen LogP) is 2.56. The lowest BCUT2D eigenvalue weighted by atomic mass is 9.89. The van der Waals surface area contributed by atoms with Gasteiger partial charge in [-0.25, -0.2) is 14.8 Å². The highest BCUT2D eigenvalue weighted by molar-refractivity contribution is 6.07. The molecule has 34 heavy (non-hydrogen) atoms. The largest absolute Gasteiger partial charge is 0.497 e. The summed E-state index contributed by atoms with van der Waals surface area (Å²) in [5.41, 5.74) is -0.150. The molecule has 2 aromatic carbocycles.